The van der Waals surface area contributed by atoms with E-state index in [0.717, 1.165) is 11.1 Å². The van der Waals surface area contributed by atoms with Gasteiger partial charge in [0, 0.05) is 32.1 Å². The number of hydrogen-bond donors (Lipinski definition) is 3. The molecule has 0 bridgehead atoms. The second kappa shape index (κ2) is 16.0. The van der Waals surface area contributed by atoms with Crippen molar-refractivity contribution in [1.82, 2.24) is 30.7 Å². The van der Waals surface area contributed by atoms with E-state index in [1.54, 1.807) is 13.8 Å². The minimum Gasteiger partial charge on any atom is -0.441 e. The molecule has 5 amide bonds. The molecule has 0 unspecified atom stereocenters. The van der Waals surface area contributed by atoms with E-state index in [0.29, 0.717) is 23.8 Å². The fraction of sp³-hybridized carbons (Fsp3) is 0.429. The van der Waals surface area contributed by atoms with Crippen LogP contribution in [0.25, 0.3) is 11.5 Å². The summed E-state index contributed by atoms with van der Waals surface area (Å²) in [5.74, 6) is -1.43. The van der Waals surface area contributed by atoms with Crippen LogP contribution in [0.4, 0.5) is 0 Å². The summed E-state index contributed by atoms with van der Waals surface area (Å²) in [7, 11) is 1.50. The van der Waals surface area contributed by atoms with E-state index in [-0.39, 0.29) is 38.4 Å². The van der Waals surface area contributed by atoms with Gasteiger partial charge in [-0.25, -0.2) is 4.98 Å². The van der Waals surface area contributed by atoms with Crippen molar-refractivity contribution in [3.8, 4) is 11.5 Å². The van der Waals surface area contributed by atoms with Gasteiger partial charge in [-0.2, -0.15) is 0 Å². The minimum absolute atomic E-state index is 0.00549. The molecule has 1 aliphatic heterocycles. The molecule has 12 heteroatoms. The maximum Gasteiger partial charge on any atom is 0.245 e. The zero-order valence-electron chi connectivity index (χ0n) is 27.6. The van der Waals surface area contributed by atoms with Gasteiger partial charge < -0.3 is 30.2 Å². The summed E-state index contributed by atoms with van der Waals surface area (Å²) in [6, 6.07) is 15.8. The highest BCUT2D eigenvalue weighted by atomic mass is 16.4. The summed E-state index contributed by atoms with van der Waals surface area (Å²) < 4.78 is 5.83. The van der Waals surface area contributed by atoms with Crippen LogP contribution >= 0.6 is 0 Å². The molecule has 3 aromatic rings. The molecular formula is C35H44N6O6. The summed E-state index contributed by atoms with van der Waals surface area (Å²) >= 11 is 0. The predicted octanol–water partition coefficient (Wildman–Crippen LogP) is 2.26. The molecule has 1 aromatic heterocycles. The first-order valence-electron chi connectivity index (χ1n) is 15.9. The molecule has 0 saturated carbocycles. The highest BCUT2D eigenvalue weighted by Gasteiger charge is 2.33. The molecule has 47 heavy (non-hydrogen) atoms. The van der Waals surface area contributed by atoms with Gasteiger partial charge in [0.1, 0.15) is 23.9 Å². The number of nitrogens with zero attached hydrogens (tertiary/aromatic N) is 3. The van der Waals surface area contributed by atoms with E-state index >= 15 is 0 Å². The molecule has 2 aromatic carbocycles. The lowest BCUT2D eigenvalue weighted by atomic mass is 10.0. The number of rotatable bonds is 7. The van der Waals surface area contributed by atoms with Crippen molar-refractivity contribution in [2.24, 2.45) is 5.92 Å². The Morgan fingerprint density at radius 2 is 1.62 bits per heavy atom. The van der Waals surface area contributed by atoms with Crippen LogP contribution < -0.4 is 16.0 Å². The average molecular weight is 645 g/mol. The van der Waals surface area contributed by atoms with Gasteiger partial charge in [-0.3, -0.25) is 24.0 Å². The zero-order chi connectivity index (χ0) is 34.1. The highest BCUT2D eigenvalue weighted by molar-refractivity contribution is 5.95. The molecule has 250 valence electrons. The van der Waals surface area contributed by atoms with Crippen LogP contribution in [0.15, 0.2) is 65.1 Å². The van der Waals surface area contributed by atoms with Crippen molar-refractivity contribution < 1.29 is 28.4 Å². The Morgan fingerprint density at radius 1 is 0.957 bits per heavy atom. The Balaban J connectivity index is 1.60. The third-order valence-corrected chi connectivity index (χ3v) is 8.16. The van der Waals surface area contributed by atoms with Gasteiger partial charge >= 0.3 is 0 Å². The van der Waals surface area contributed by atoms with Crippen molar-refractivity contribution in [2.45, 2.75) is 65.1 Å². The number of amides is 5. The third-order valence-electron chi connectivity index (χ3n) is 8.16. The molecule has 0 radical (unpaired) electrons. The van der Waals surface area contributed by atoms with E-state index in [4.69, 9.17) is 4.42 Å². The van der Waals surface area contributed by atoms with Crippen LogP contribution in [0.5, 0.6) is 0 Å². The van der Waals surface area contributed by atoms with Crippen LogP contribution in [0.3, 0.4) is 0 Å². The van der Waals surface area contributed by atoms with Gasteiger partial charge in [-0.1, -0.05) is 62.4 Å². The number of aryl methyl sites for hydroxylation is 1. The Bertz CT molecular complexity index is 1560. The van der Waals surface area contributed by atoms with Crippen molar-refractivity contribution in [2.75, 3.05) is 26.7 Å². The number of hydrogen-bond acceptors (Lipinski definition) is 7. The number of carbonyl (C=O) groups excluding carboxylic acids is 5. The van der Waals surface area contributed by atoms with Crippen molar-refractivity contribution in [1.29, 1.82) is 0 Å². The highest BCUT2D eigenvalue weighted by Crippen LogP contribution is 2.22. The van der Waals surface area contributed by atoms with E-state index in [9.17, 15) is 24.0 Å². The lowest BCUT2D eigenvalue weighted by Gasteiger charge is -2.30. The number of aromatic nitrogens is 1. The largest absolute Gasteiger partial charge is 0.441 e. The molecule has 12 nitrogen and oxygen atoms in total. The predicted molar refractivity (Wildman–Crippen MR) is 176 cm³/mol. The SMILES string of the molecule is Cc1oc(-c2ccccc2)nc1CC(=O)N1CCNC(=O)[C@H](Cc2ccccc2)NC(=O)[C@H](C)N(C)C(=O)[C@H](CC(C)C)NC(=O)C1. The van der Waals surface area contributed by atoms with Crippen molar-refractivity contribution in [3.05, 3.63) is 77.7 Å². The smallest absolute Gasteiger partial charge is 0.245 e. The van der Waals surface area contributed by atoms with Crippen LogP contribution in [0.2, 0.25) is 0 Å². The maximum absolute atomic E-state index is 13.7. The first kappa shape index (κ1) is 34.9. The monoisotopic (exact) mass is 644 g/mol. The first-order chi connectivity index (χ1) is 22.4. The first-order valence-corrected chi connectivity index (χ1v) is 15.9. The lowest BCUT2D eigenvalue weighted by molar-refractivity contribution is -0.142. The van der Waals surface area contributed by atoms with Crippen LogP contribution in [-0.2, 0) is 36.8 Å². The number of nitrogens with one attached hydrogen (secondary N) is 3. The maximum atomic E-state index is 13.7. The standard InChI is InChI=1S/C35H44N6O6/c1-22(2)18-29-35(46)40(5)23(3)32(44)38-28(19-25-12-8-6-9-13-25)33(45)36-16-17-41(21-30(42)37-29)31(43)20-27-24(4)47-34(39-27)26-14-10-7-11-15-26/h6-15,22-23,28-29H,16-21H2,1-5H3,(H,36,45)(H,37,42)(H,38,44)/t23-,28-,29-/m0/s1. The summed E-state index contributed by atoms with van der Waals surface area (Å²) in [6.07, 6.45) is 0.412. The number of oxazole rings is 1. The number of carbonyl (C=O) groups is 5. The summed E-state index contributed by atoms with van der Waals surface area (Å²) in [5.41, 5.74) is 2.04. The Kier molecular flexibility index (Phi) is 11.9. The molecule has 0 spiro atoms. The third kappa shape index (κ3) is 9.50. The fourth-order valence-corrected chi connectivity index (χ4v) is 5.35. The van der Waals surface area contributed by atoms with Gasteiger partial charge in [0.25, 0.3) is 0 Å². The molecule has 4 rings (SSSR count). The Labute approximate surface area is 275 Å². The van der Waals surface area contributed by atoms with Gasteiger partial charge in [0.2, 0.25) is 35.4 Å². The second-order valence-corrected chi connectivity index (χ2v) is 12.3. The molecular weight excluding hydrogens is 600 g/mol. The molecule has 3 N–H and O–H groups in total. The minimum atomic E-state index is -0.939. The van der Waals surface area contributed by atoms with Crippen LogP contribution in [0, 0.1) is 12.8 Å². The molecule has 1 saturated heterocycles. The van der Waals surface area contributed by atoms with Crippen molar-refractivity contribution in [3.63, 3.8) is 0 Å². The molecule has 1 fully saturated rings. The van der Waals surface area contributed by atoms with E-state index < -0.39 is 47.7 Å². The quantitative estimate of drug-likeness (QED) is 0.357. The van der Waals surface area contributed by atoms with Gasteiger partial charge in [-0.15, -0.1) is 0 Å². The van der Waals surface area contributed by atoms with E-state index in [1.165, 1.54) is 16.8 Å². The number of likely N-dealkylation sites (N-methyl/N-ethyl adjacent to an activating group) is 1. The van der Waals surface area contributed by atoms with Crippen LogP contribution in [0.1, 0.15) is 44.2 Å². The van der Waals surface area contributed by atoms with Crippen LogP contribution in [-0.4, -0.2) is 89.1 Å². The van der Waals surface area contributed by atoms with E-state index in [2.05, 4.69) is 20.9 Å². The topological polar surface area (TPSA) is 154 Å². The summed E-state index contributed by atoms with van der Waals surface area (Å²) in [4.78, 5) is 74.6. The van der Waals surface area contributed by atoms with Crippen molar-refractivity contribution >= 4 is 29.5 Å². The van der Waals surface area contributed by atoms with Gasteiger partial charge in [0.05, 0.1) is 18.7 Å². The normalized spacial score (nSPS) is 20.3. The Morgan fingerprint density at radius 3 is 2.28 bits per heavy atom. The lowest BCUT2D eigenvalue weighted by Crippen LogP contribution is -2.57. The van der Waals surface area contributed by atoms with Gasteiger partial charge in [0.15, 0.2) is 0 Å². The summed E-state index contributed by atoms with van der Waals surface area (Å²) in [5, 5.41) is 8.42. The summed E-state index contributed by atoms with van der Waals surface area (Å²) in [6.45, 7) is 6.84. The second-order valence-electron chi connectivity index (χ2n) is 12.3. The van der Waals surface area contributed by atoms with E-state index in [1.807, 2.05) is 74.5 Å². The fourth-order valence-electron chi connectivity index (χ4n) is 5.35. The molecule has 3 atom stereocenters. The van der Waals surface area contributed by atoms with Gasteiger partial charge in [-0.05, 0) is 43.9 Å². The number of benzene rings is 2. The molecule has 0 aliphatic carbocycles. The Hall–Kier alpha value is -5.00. The molecule has 2 heterocycles. The zero-order valence-corrected chi connectivity index (χ0v) is 27.6. The average Bonchev–Trinajstić information content (AvgIpc) is 3.42. The molecule has 1 aliphatic rings.